The van der Waals surface area contributed by atoms with Crippen LogP contribution >= 0.6 is 0 Å². The van der Waals surface area contributed by atoms with E-state index in [1.165, 1.54) is 10.4 Å². The van der Waals surface area contributed by atoms with Crippen molar-refractivity contribution in [2.45, 2.75) is 24.3 Å². The zero-order valence-corrected chi connectivity index (χ0v) is 15.5. The molecule has 138 valence electrons. The molecule has 0 amide bonds. The third-order valence-corrected chi connectivity index (χ3v) is 6.97. The van der Waals surface area contributed by atoms with Crippen molar-refractivity contribution in [3.63, 3.8) is 0 Å². The Morgan fingerprint density at radius 3 is 2.54 bits per heavy atom. The number of benzene rings is 2. The van der Waals surface area contributed by atoms with E-state index in [4.69, 9.17) is 0 Å². The summed E-state index contributed by atoms with van der Waals surface area (Å²) in [4.78, 5) is 2.24. The monoisotopic (exact) mass is 375 g/mol. The molecule has 0 bridgehead atoms. The summed E-state index contributed by atoms with van der Waals surface area (Å²) in [5.41, 5.74) is 2.59. The summed E-state index contributed by atoms with van der Waals surface area (Å²) in [6.07, 6.45) is 0.833. The smallest absolute Gasteiger partial charge is 0.243 e. The molecule has 1 N–H and O–H groups in total. The minimum atomic E-state index is -3.53. The number of hydrogen-bond donors (Lipinski definition) is 1. The first-order chi connectivity index (χ1) is 12.4. The molecular weight excluding hydrogens is 353 g/mol. The highest BCUT2D eigenvalue weighted by Crippen LogP contribution is 2.30. The summed E-state index contributed by atoms with van der Waals surface area (Å²) in [5, 5.41) is 3.33. The normalized spacial score (nSPS) is 20.7. The first-order valence-corrected chi connectivity index (χ1v) is 10.3. The molecule has 0 saturated carbocycles. The Bertz CT molecular complexity index is 924. The molecule has 0 radical (unpaired) electrons. The Balaban J connectivity index is 1.50. The maximum Gasteiger partial charge on any atom is 0.243 e. The summed E-state index contributed by atoms with van der Waals surface area (Å²) < 4.78 is 41.4. The molecule has 2 heterocycles. The summed E-state index contributed by atoms with van der Waals surface area (Å²) in [5.74, 6) is -0.274. The van der Waals surface area contributed by atoms with Gasteiger partial charge in [0.25, 0.3) is 0 Å². The molecule has 2 aliphatic rings. The summed E-state index contributed by atoms with van der Waals surface area (Å²) in [6, 6.07) is 12.2. The van der Waals surface area contributed by atoms with E-state index >= 15 is 0 Å². The van der Waals surface area contributed by atoms with Crippen LogP contribution in [0.4, 0.5) is 15.8 Å². The molecule has 7 heteroatoms. The van der Waals surface area contributed by atoms with Crippen LogP contribution in [0, 0.1) is 5.82 Å². The van der Waals surface area contributed by atoms with Crippen molar-refractivity contribution >= 4 is 21.4 Å². The lowest BCUT2D eigenvalue weighted by atomic mass is 10.1. The first-order valence-electron chi connectivity index (χ1n) is 8.84. The average Bonchev–Trinajstić information content (AvgIpc) is 3.01. The van der Waals surface area contributed by atoms with Crippen LogP contribution in [0.2, 0.25) is 0 Å². The Morgan fingerprint density at radius 1 is 1.08 bits per heavy atom. The molecule has 2 aromatic carbocycles. The van der Waals surface area contributed by atoms with Gasteiger partial charge in [-0.3, -0.25) is 0 Å². The van der Waals surface area contributed by atoms with Gasteiger partial charge in [0.15, 0.2) is 0 Å². The van der Waals surface area contributed by atoms with Gasteiger partial charge >= 0.3 is 0 Å². The average molecular weight is 375 g/mol. The zero-order valence-electron chi connectivity index (χ0n) is 14.7. The number of hydrogen-bond acceptors (Lipinski definition) is 4. The molecular formula is C19H22FN3O2S. The van der Waals surface area contributed by atoms with Crippen LogP contribution in [0.15, 0.2) is 47.4 Å². The van der Waals surface area contributed by atoms with Crippen LogP contribution in [-0.4, -0.2) is 44.9 Å². The van der Waals surface area contributed by atoms with Gasteiger partial charge in [-0.25, -0.2) is 12.8 Å². The molecule has 26 heavy (non-hydrogen) atoms. The second-order valence-corrected chi connectivity index (χ2v) is 8.85. The lowest BCUT2D eigenvalue weighted by Gasteiger charge is -2.35. The van der Waals surface area contributed by atoms with Crippen LogP contribution < -0.4 is 10.2 Å². The second kappa shape index (κ2) is 6.55. The minimum absolute atomic E-state index is 0.274. The minimum Gasteiger partial charge on any atom is -0.382 e. The summed E-state index contributed by atoms with van der Waals surface area (Å²) in [7, 11) is -3.53. The van der Waals surface area contributed by atoms with Crippen molar-refractivity contribution in [1.29, 1.82) is 0 Å². The zero-order chi connectivity index (χ0) is 18.3. The van der Waals surface area contributed by atoms with Gasteiger partial charge in [0, 0.05) is 37.9 Å². The number of fused-ring (bicyclic) bond motifs is 1. The molecule has 0 spiro atoms. The van der Waals surface area contributed by atoms with Gasteiger partial charge in [-0.15, -0.1) is 0 Å². The Labute approximate surface area is 153 Å². The fraction of sp³-hybridized carbons (Fsp3) is 0.368. The van der Waals surface area contributed by atoms with Gasteiger partial charge in [0.2, 0.25) is 10.0 Å². The number of halogens is 1. The molecule has 0 unspecified atom stereocenters. The fourth-order valence-electron chi connectivity index (χ4n) is 3.71. The molecule has 2 aliphatic heterocycles. The number of sulfonamides is 1. The highest BCUT2D eigenvalue weighted by atomic mass is 32.2. The van der Waals surface area contributed by atoms with E-state index in [1.54, 1.807) is 30.3 Å². The van der Waals surface area contributed by atoms with E-state index < -0.39 is 10.0 Å². The molecule has 1 fully saturated rings. The third-order valence-electron chi connectivity index (χ3n) is 5.07. The Morgan fingerprint density at radius 2 is 1.81 bits per heavy atom. The van der Waals surface area contributed by atoms with Gasteiger partial charge in [-0.05, 0) is 49.2 Å². The van der Waals surface area contributed by atoms with E-state index in [-0.39, 0.29) is 5.82 Å². The summed E-state index contributed by atoms with van der Waals surface area (Å²) >= 11 is 0. The molecule has 0 aliphatic carbocycles. The number of nitrogens with zero attached hydrogens (tertiary/aromatic N) is 2. The Kier molecular flexibility index (Phi) is 4.36. The van der Waals surface area contributed by atoms with Gasteiger partial charge in [-0.1, -0.05) is 12.1 Å². The largest absolute Gasteiger partial charge is 0.382 e. The second-order valence-electron chi connectivity index (χ2n) is 6.91. The Hall–Kier alpha value is -2.12. The quantitative estimate of drug-likeness (QED) is 0.896. The maximum atomic E-state index is 13.9. The molecule has 1 atom stereocenters. The van der Waals surface area contributed by atoms with Gasteiger partial charge in [0.05, 0.1) is 10.6 Å². The number of piperazine rings is 1. The maximum absolute atomic E-state index is 13.9. The van der Waals surface area contributed by atoms with Crippen LogP contribution in [-0.2, 0) is 16.4 Å². The van der Waals surface area contributed by atoms with Crippen molar-refractivity contribution in [3.05, 3.63) is 53.8 Å². The molecule has 1 saturated heterocycles. The number of rotatable bonds is 3. The van der Waals surface area contributed by atoms with Crippen molar-refractivity contribution in [3.8, 4) is 0 Å². The first kappa shape index (κ1) is 17.3. The van der Waals surface area contributed by atoms with Crippen LogP contribution in [0.3, 0.4) is 0 Å². The highest BCUT2D eigenvalue weighted by molar-refractivity contribution is 7.89. The van der Waals surface area contributed by atoms with Crippen molar-refractivity contribution < 1.29 is 12.8 Å². The number of para-hydroxylation sites is 1. The van der Waals surface area contributed by atoms with E-state index in [2.05, 4.69) is 12.2 Å². The number of anilines is 2. The van der Waals surface area contributed by atoms with Crippen molar-refractivity contribution in [1.82, 2.24) is 4.31 Å². The van der Waals surface area contributed by atoms with Gasteiger partial charge < -0.3 is 10.2 Å². The fourth-order valence-corrected chi connectivity index (χ4v) is 5.19. The van der Waals surface area contributed by atoms with E-state index in [9.17, 15) is 12.8 Å². The topological polar surface area (TPSA) is 52.7 Å². The van der Waals surface area contributed by atoms with E-state index in [0.717, 1.165) is 17.7 Å². The molecule has 4 rings (SSSR count). The van der Waals surface area contributed by atoms with Crippen LogP contribution in [0.25, 0.3) is 0 Å². The molecule has 0 aromatic heterocycles. The summed E-state index contributed by atoms with van der Waals surface area (Å²) in [6.45, 7) is 3.73. The SMILES string of the molecule is C[C@@H]1Cc2cc(S(=O)(=O)N3CCN(c4ccccc4F)CC3)ccc2N1. The van der Waals surface area contributed by atoms with Crippen LogP contribution in [0.5, 0.6) is 0 Å². The van der Waals surface area contributed by atoms with E-state index in [0.29, 0.717) is 42.8 Å². The third kappa shape index (κ3) is 3.05. The molecule has 5 nitrogen and oxygen atoms in total. The standard InChI is InChI=1S/C19H22FN3O2S/c1-14-12-15-13-16(6-7-18(15)21-14)26(24,25)23-10-8-22(9-11-23)19-5-3-2-4-17(19)20/h2-7,13-14,21H,8-12H2,1H3/t14-/m1/s1. The number of nitrogens with one attached hydrogen (secondary N) is 1. The van der Waals surface area contributed by atoms with Gasteiger partial charge in [-0.2, -0.15) is 4.31 Å². The predicted octanol–water partition coefficient (Wildman–Crippen LogP) is 2.69. The van der Waals surface area contributed by atoms with Crippen LogP contribution in [0.1, 0.15) is 12.5 Å². The van der Waals surface area contributed by atoms with Gasteiger partial charge in [0.1, 0.15) is 5.82 Å². The van der Waals surface area contributed by atoms with Crippen molar-refractivity contribution in [2.75, 3.05) is 36.4 Å². The highest BCUT2D eigenvalue weighted by Gasteiger charge is 2.30. The molecule has 2 aromatic rings. The van der Waals surface area contributed by atoms with E-state index in [1.807, 2.05) is 11.0 Å². The lowest BCUT2D eigenvalue weighted by Crippen LogP contribution is -2.48. The van der Waals surface area contributed by atoms with Crippen molar-refractivity contribution in [2.24, 2.45) is 0 Å². The lowest BCUT2D eigenvalue weighted by molar-refractivity contribution is 0.383. The predicted molar refractivity (Wildman–Crippen MR) is 101 cm³/mol.